The Bertz CT molecular complexity index is 619. The summed E-state index contributed by atoms with van der Waals surface area (Å²) >= 11 is 0. The fourth-order valence-electron chi connectivity index (χ4n) is 3.13. The van der Waals surface area contributed by atoms with Gasteiger partial charge in [0.1, 0.15) is 11.6 Å². The van der Waals surface area contributed by atoms with Crippen molar-refractivity contribution < 1.29 is 8.78 Å². The minimum absolute atomic E-state index is 0.199. The molecule has 0 bridgehead atoms. The first-order chi connectivity index (χ1) is 9.56. The van der Waals surface area contributed by atoms with E-state index in [0.29, 0.717) is 0 Å². The Balaban J connectivity index is 2.05. The standard InChI is InChI=1S/C17H17F2N/c1-20(2)17-10-15(11-3-5-12(18)6-4-11)14-8-7-13(19)9-16(14)17/h3-9,15,17H,10H2,1-2H3. The SMILES string of the molecule is CN(C)C1CC(c2ccc(F)cc2)c2ccc(F)cc21. The quantitative estimate of drug-likeness (QED) is 0.796. The molecule has 2 aromatic carbocycles. The van der Waals surface area contributed by atoms with Gasteiger partial charge in [0, 0.05) is 12.0 Å². The summed E-state index contributed by atoms with van der Waals surface area (Å²) in [6.07, 6.45) is 0.900. The van der Waals surface area contributed by atoms with E-state index in [1.165, 1.54) is 18.2 Å². The molecule has 104 valence electrons. The highest BCUT2D eigenvalue weighted by Crippen LogP contribution is 2.46. The van der Waals surface area contributed by atoms with E-state index in [2.05, 4.69) is 4.90 Å². The minimum atomic E-state index is -0.227. The van der Waals surface area contributed by atoms with Crippen molar-refractivity contribution in [3.05, 3.63) is 70.8 Å². The lowest BCUT2D eigenvalue weighted by molar-refractivity contribution is 0.293. The molecular weight excluding hydrogens is 256 g/mol. The van der Waals surface area contributed by atoms with E-state index >= 15 is 0 Å². The summed E-state index contributed by atoms with van der Waals surface area (Å²) < 4.78 is 26.6. The summed E-state index contributed by atoms with van der Waals surface area (Å²) in [6.45, 7) is 0. The van der Waals surface area contributed by atoms with Crippen molar-refractivity contribution in [3.63, 3.8) is 0 Å². The number of hydrogen-bond acceptors (Lipinski definition) is 1. The Kier molecular flexibility index (Phi) is 3.30. The van der Waals surface area contributed by atoms with Crippen LogP contribution >= 0.6 is 0 Å². The molecule has 0 saturated carbocycles. The molecule has 0 N–H and O–H groups in total. The van der Waals surface area contributed by atoms with Crippen LogP contribution in [0.1, 0.15) is 35.1 Å². The predicted molar refractivity (Wildman–Crippen MR) is 75.7 cm³/mol. The number of halogens is 2. The molecule has 1 nitrogen and oxygen atoms in total. The number of hydrogen-bond donors (Lipinski definition) is 0. The van der Waals surface area contributed by atoms with E-state index in [1.54, 1.807) is 6.07 Å². The van der Waals surface area contributed by atoms with Gasteiger partial charge in [0.05, 0.1) is 0 Å². The second-order valence-electron chi connectivity index (χ2n) is 5.59. The van der Waals surface area contributed by atoms with E-state index in [9.17, 15) is 8.78 Å². The lowest BCUT2D eigenvalue weighted by Gasteiger charge is -2.20. The molecule has 0 radical (unpaired) electrons. The van der Waals surface area contributed by atoms with Crippen molar-refractivity contribution >= 4 is 0 Å². The molecule has 0 amide bonds. The molecule has 1 aliphatic rings. The lowest BCUT2D eigenvalue weighted by atomic mass is 9.93. The summed E-state index contributed by atoms with van der Waals surface area (Å²) in [5.74, 6) is -0.218. The number of rotatable bonds is 2. The van der Waals surface area contributed by atoms with Crippen molar-refractivity contribution in [3.8, 4) is 0 Å². The van der Waals surface area contributed by atoms with E-state index in [1.807, 2.05) is 32.3 Å². The summed E-state index contributed by atoms with van der Waals surface area (Å²) in [5.41, 5.74) is 3.28. The fraction of sp³-hybridized carbons (Fsp3) is 0.294. The maximum atomic E-state index is 13.5. The first-order valence-electron chi connectivity index (χ1n) is 6.77. The van der Waals surface area contributed by atoms with Gasteiger partial charge in [-0.1, -0.05) is 18.2 Å². The van der Waals surface area contributed by atoms with Gasteiger partial charge < -0.3 is 4.90 Å². The molecule has 0 heterocycles. The van der Waals surface area contributed by atoms with Crippen LogP contribution < -0.4 is 0 Å². The molecule has 0 saturated heterocycles. The number of fused-ring (bicyclic) bond motifs is 1. The van der Waals surface area contributed by atoms with E-state index < -0.39 is 0 Å². The Hall–Kier alpha value is -1.74. The minimum Gasteiger partial charge on any atom is -0.302 e. The first kappa shape index (κ1) is 13.3. The molecule has 0 aromatic heterocycles. The zero-order chi connectivity index (χ0) is 14.3. The highest BCUT2D eigenvalue weighted by molar-refractivity contribution is 5.44. The van der Waals surface area contributed by atoms with Crippen LogP contribution in [0.2, 0.25) is 0 Å². The van der Waals surface area contributed by atoms with Crippen LogP contribution in [0.5, 0.6) is 0 Å². The highest BCUT2D eigenvalue weighted by Gasteiger charge is 2.33. The Morgan fingerprint density at radius 2 is 1.55 bits per heavy atom. The van der Waals surface area contributed by atoms with Crippen molar-refractivity contribution in [2.45, 2.75) is 18.4 Å². The highest BCUT2D eigenvalue weighted by atomic mass is 19.1. The Labute approximate surface area is 117 Å². The molecule has 1 aliphatic carbocycles. The molecule has 0 spiro atoms. The van der Waals surface area contributed by atoms with Gasteiger partial charge in [-0.3, -0.25) is 0 Å². The monoisotopic (exact) mass is 273 g/mol. The molecule has 2 aromatic rings. The van der Waals surface area contributed by atoms with Gasteiger partial charge in [0.15, 0.2) is 0 Å². The van der Waals surface area contributed by atoms with Crippen LogP contribution in [0, 0.1) is 11.6 Å². The van der Waals surface area contributed by atoms with Gasteiger partial charge in [0.2, 0.25) is 0 Å². The molecule has 0 fully saturated rings. The predicted octanol–water partition coefficient (Wildman–Crippen LogP) is 4.10. The maximum Gasteiger partial charge on any atom is 0.123 e. The topological polar surface area (TPSA) is 3.24 Å². The van der Waals surface area contributed by atoms with Gasteiger partial charge >= 0.3 is 0 Å². The molecular formula is C17H17F2N. The molecule has 3 rings (SSSR count). The van der Waals surface area contributed by atoms with Gasteiger partial charge in [0.25, 0.3) is 0 Å². The molecule has 3 heteroatoms. The second kappa shape index (κ2) is 4.98. The molecule has 2 unspecified atom stereocenters. The molecule has 20 heavy (non-hydrogen) atoms. The van der Waals surface area contributed by atoms with Crippen molar-refractivity contribution in [1.82, 2.24) is 4.90 Å². The summed E-state index contributed by atoms with van der Waals surface area (Å²) in [4.78, 5) is 2.11. The summed E-state index contributed by atoms with van der Waals surface area (Å²) in [6, 6.07) is 11.8. The van der Waals surface area contributed by atoms with Crippen LogP contribution in [0.15, 0.2) is 42.5 Å². The van der Waals surface area contributed by atoms with Gasteiger partial charge in [-0.15, -0.1) is 0 Å². The zero-order valence-electron chi connectivity index (χ0n) is 11.6. The first-order valence-corrected chi connectivity index (χ1v) is 6.77. The third-order valence-electron chi connectivity index (χ3n) is 4.14. The maximum absolute atomic E-state index is 13.5. The van der Waals surface area contributed by atoms with Gasteiger partial charge in [-0.25, -0.2) is 8.78 Å². The van der Waals surface area contributed by atoms with Crippen LogP contribution in [0.3, 0.4) is 0 Å². The average Bonchev–Trinajstić information content (AvgIpc) is 2.78. The van der Waals surface area contributed by atoms with Crippen molar-refractivity contribution in [2.75, 3.05) is 14.1 Å². The largest absolute Gasteiger partial charge is 0.302 e. The third kappa shape index (κ3) is 2.22. The van der Waals surface area contributed by atoms with Crippen molar-refractivity contribution in [2.24, 2.45) is 0 Å². The fourth-order valence-corrected chi connectivity index (χ4v) is 3.13. The Morgan fingerprint density at radius 3 is 2.20 bits per heavy atom. The second-order valence-corrected chi connectivity index (χ2v) is 5.59. The molecule has 0 aliphatic heterocycles. The van der Waals surface area contributed by atoms with Gasteiger partial charge in [-0.2, -0.15) is 0 Å². The lowest BCUT2D eigenvalue weighted by Crippen LogP contribution is -2.17. The normalized spacial score (nSPS) is 21.2. The number of nitrogens with zero attached hydrogens (tertiary/aromatic N) is 1. The van der Waals surface area contributed by atoms with E-state index in [0.717, 1.165) is 23.1 Å². The summed E-state index contributed by atoms with van der Waals surface area (Å²) in [5, 5.41) is 0. The van der Waals surface area contributed by atoms with E-state index in [-0.39, 0.29) is 23.6 Å². The smallest absolute Gasteiger partial charge is 0.123 e. The third-order valence-corrected chi connectivity index (χ3v) is 4.14. The van der Waals surface area contributed by atoms with E-state index in [4.69, 9.17) is 0 Å². The van der Waals surface area contributed by atoms with Crippen molar-refractivity contribution in [1.29, 1.82) is 0 Å². The Morgan fingerprint density at radius 1 is 0.900 bits per heavy atom. The van der Waals surface area contributed by atoms with Crippen LogP contribution in [-0.2, 0) is 0 Å². The van der Waals surface area contributed by atoms with Crippen LogP contribution in [0.25, 0.3) is 0 Å². The van der Waals surface area contributed by atoms with Crippen LogP contribution in [0.4, 0.5) is 8.78 Å². The molecule has 2 atom stereocenters. The number of benzene rings is 2. The van der Waals surface area contributed by atoms with Crippen LogP contribution in [-0.4, -0.2) is 19.0 Å². The average molecular weight is 273 g/mol. The summed E-state index contributed by atoms with van der Waals surface area (Å²) in [7, 11) is 4.01. The van der Waals surface area contributed by atoms with Gasteiger partial charge in [-0.05, 0) is 61.5 Å². The zero-order valence-corrected chi connectivity index (χ0v) is 11.6.